The fraction of sp³-hybridized carbons (Fsp3) is 1.00. The lowest BCUT2D eigenvalue weighted by Gasteiger charge is -2.40. The third kappa shape index (κ3) is 3.09. The van der Waals surface area contributed by atoms with Gasteiger partial charge in [0, 0.05) is 13.5 Å². The van der Waals surface area contributed by atoms with Crippen molar-refractivity contribution < 1.29 is 28.8 Å². The molecule has 2 aliphatic rings. The second kappa shape index (κ2) is 4.95. The number of rotatable bonds is 4. The van der Waals surface area contributed by atoms with Gasteiger partial charge < -0.3 is 28.8 Å². The maximum absolute atomic E-state index is 9.55. The molecule has 0 aliphatic carbocycles. The van der Waals surface area contributed by atoms with Gasteiger partial charge in [0.25, 0.3) is 0 Å². The van der Waals surface area contributed by atoms with E-state index in [2.05, 4.69) is 0 Å². The van der Waals surface area contributed by atoms with E-state index in [1.54, 1.807) is 21.0 Å². The Kier molecular flexibility index (Phi) is 3.94. The zero-order chi connectivity index (χ0) is 14.3. The molecular weight excluding hydrogens is 252 g/mol. The van der Waals surface area contributed by atoms with E-state index in [9.17, 15) is 5.11 Å². The van der Waals surface area contributed by atoms with E-state index < -0.39 is 17.4 Å². The first-order valence-corrected chi connectivity index (χ1v) is 6.58. The van der Waals surface area contributed by atoms with Crippen LogP contribution in [-0.2, 0) is 23.7 Å². The fourth-order valence-corrected chi connectivity index (χ4v) is 2.54. The van der Waals surface area contributed by atoms with Crippen LogP contribution in [0.15, 0.2) is 0 Å². The van der Waals surface area contributed by atoms with Gasteiger partial charge in [-0.1, -0.05) is 0 Å². The van der Waals surface area contributed by atoms with Crippen LogP contribution in [0.2, 0.25) is 0 Å². The molecule has 2 fully saturated rings. The molecule has 3 atom stereocenters. The minimum Gasteiger partial charge on any atom is -0.391 e. The highest BCUT2D eigenvalue weighted by atomic mass is 16.8. The zero-order valence-corrected chi connectivity index (χ0v) is 12.3. The molecule has 0 aromatic heterocycles. The lowest BCUT2D eigenvalue weighted by Crippen LogP contribution is -2.54. The van der Waals surface area contributed by atoms with Crippen molar-refractivity contribution in [3.63, 3.8) is 0 Å². The van der Waals surface area contributed by atoms with Crippen LogP contribution in [0.1, 0.15) is 34.1 Å². The SMILES string of the molecule is COC(C)(C)O[C@@H]1CO[C@@]2(CO)OC(C)(C)O[C@H]2C1. The quantitative estimate of drug-likeness (QED) is 0.773. The van der Waals surface area contributed by atoms with Crippen LogP contribution in [0.4, 0.5) is 0 Å². The van der Waals surface area contributed by atoms with Crippen LogP contribution in [-0.4, -0.2) is 55.0 Å². The van der Waals surface area contributed by atoms with Crippen molar-refractivity contribution in [2.24, 2.45) is 0 Å². The second-order valence-corrected chi connectivity index (χ2v) is 5.97. The zero-order valence-electron chi connectivity index (χ0n) is 12.3. The van der Waals surface area contributed by atoms with Gasteiger partial charge in [-0.2, -0.15) is 0 Å². The Morgan fingerprint density at radius 2 is 2.05 bits per heavy atom. The highest BCUT2D eigenvalue weighted by Crippen LogP contribution is 2.42. The minimum atomic E-state index is -1.07. The Morgan fingerprint density at radius 3 is 2.63 bits per heavy atom. The first-order chi connectivity index (χ1) is 8.72. The molecule has 1 N–H and O–H groups in total. The van der Waals surface area contributed by atoms with Crippen molar-refractivity contribution in [1.82, 2.24) is 0 Å². The number of ether oxygens (including phenoxy) is 5. The average Bonchev–Trinajstić information content (AvgIpc) is 2.59. The lowest BCUT2D eigenvalue weighted by atomic mass is 10.0. The first kappa shape index (κ1) is 15.2. The summed E-state index contributed by atoms with van der Waals surface area (Å²) < 4.78 is 28.3. The first-order valence-electron chi connectivity index (χ1n) is 6.58. The third-order valence-corrected chi connectivity index (χ3v) is 3.49. The van der Waals surface area contributed by atoms with E-state index in [0.717, 1.165) is 0 Å². The minimum absolute atomic E-state index is 0.155. The van der Waals surface area contributed by atoms with Crippen molar-refractivity contribution in [2.75, 3.05) is 20.3 Å². The van der Waals surface area contributed by atoms with Gasteiger partial charge in [0.2, 0.25) is 5.79 Å². The Morgan fingerprint density at radius 1 is 1.37 bits per heavy atom. The fourth-order valence-electron chi connectivity index (χ4n) is 2.54. The number of hydrogen-bond donors (Lipinski definition) is 1. The third-order valence-electron chi connectivity index (χ3n) is 3.49. The van der Waals surface area contributed by atoms with Crippen molar-refractivity contribution in [2.45, 2.75) is 63.7 Å². The molecule has 6 heteroatoms. The van der Waals surface area contributed by atoms with Crippen LogP contribution in [0, 0.1) is 0 Å². The van der Waals surface area contributed by atoms with Gasteiger partial charge in [0.15, 0.2) is 11.6 Å². The molecule has 0 saturated carbocycles. The van der Waals surface area contributed by atoms with E-state index >= 15 is 0 Å². The normalized spacial score (nSPS) is 38.2. The Labute approximate surface area is 113 Å². The number of aliphatic hydroxyl groups excluding tert-OH is 1. The number of methoxy groups -OCH3 is 1. The van der Waals surface area contributed by atoms with Crippen LogP contribution >= 0.6 is 0 Å². The molecular formula is C13H24O6. The second-order valence-electron chi connectivity index (χ2n) is 5.97. The van der Waals surface area contributed by atoms with Gasteiger partial charge >= 0.3 is 0 Å². The van der Waals surface area contributed by atoms with Gasteiger partial charge in [-0.3, -0.25) is 0 Å². The summed E-state index contributed by atoms with van der Waals surface area (Å²) >= 11 is 0. The van der Waals surface area contributed by atoms with Gasteiger partial charge in [-0.05, 0) is 27.7 Å². The van der Waals surface area contributed by atoms with Crippen LogP contribution in [0.5, 0.6) is 0 Å². The molecule has 0 spiro atoms. The summed E-state index contributed by atoms with van der Waals surface area (Å²) in [4.78, 5) is 0. The number of fused-ring (bicyclic) bond motifs is 1. The van der Waals surface area contributed by atoms with Crippen molar-refractivity contribution >= 4 is 0 Å². The molecule has 0 radical (unpaired) electrons. The maximum atomic E-state index is 9.55. The van der Waals surface area contributed by atoms with E-state index in [1.165, 1.54) is 0 Å². The molecule has 19 heavy (non-hydrogen) atoms. The molecule has 2 aliphatic heterocycles. The van der Waals surface area contributed by atoms with Gasteiger partial charge in [-0.15, -0.1) is 0 Å². The molecule has 6 nitrogen and oxygen atoms in total. The molecule has 0 bridgehead atoms. The highest BCUT2D eigenvalue weighted by molar-refractivity contribution is 4.94. The largest absolute Gasteiger partial charge is 0.391 e. The number of hydrogen-bond acceptors (Lipinski definition) is 6. The molecule has 2 heterocycles. The lowest BCUT2D eigenvalue weighted by molar-refractivity contribution is -0.312. The molecule has 112 valence electrons. The van der Waals surface area contributed by atoms with Gasteiger partial charge in [-0.25, -0.2) is 0 Å². The number of aliphatic hydroxyl groups is 1. The van der Waals surface area contributed by atoms with Crippen molar-refractivity contribution in [3.05, 3.63) is 0 Å². The summed E-state index contributed by atoms with van der Waals surface area (Å²) in [7, 11) is 1.60. The van der Waals surface area contributed by atoms with Gasteiger partial charge in [0.05, 0.1) is 12.7 Å². The standard InChI is InChI=1S/C13H24O6/c1-11(2,15-5)17-9-6-10-13(8-14,16-7-9)19-12(3,4)18-10/h9-10,14H,6-8H2,1-5H3/t9-,10-,13-/m0/s1. The monoisotopic (exact) mass is 276 g/mol. The smallest absolute Gasteiger partial charge is 0.221 e. The molecule has 2 saturated heterocycles. The molecule has 0 aromatic rings. The molecule has 2 rings (SSSR count). The Balaban J connectivity index is 2.04. The van der Waals surface area contributed by atoms with Crippen molar-refractivity contribution in [3.8, 4) is 0 Å². The molecule has 0 aromatic carbocycles. The summed E-state index contributed by atoms with van der Waals surface area (Å²) in [5, 5.41) is 9.55. The van der Waals surface area contributed by atoms with Crippen molar-refractivity contribution in [1.29, 1.82) is 0 Å². The van der Waals surface area contributed by atoms with Gasteiger partial charge in [0.1, 0.15) is 12.7 Å². The molecule has 0 amide bonds. The molecule has 0 unspecified atom stereocenters. The Hall–Kier alpha value is -0.240. The van der Waals surface area contributed by atoms with E-state index in [4.69, 9.17) is 23.7 Å². The summed E-state index contributed by atoms with van der Waals surface area (Å²) in [6.07, 6.45) is 0.0904. The summed E-state index contributed by atoms with van der Waals surface area (Å²) in [5.74, 6) is -2.51. The van der Waals surface area contributed by atoms with E-state index in [0.29, 0.717) is 13.0 Å². The van der Waals surface area contributed by atoms with E-state index in [1.807, 2.05) is 13.8 Å². The average molecular weight is 276 g/mol. The predicted octanol–water partition coefficient (Wildman–Crippen LogP) is 1.01. The Bertz CT molecular complexity index is 329. The summed E-state index contributed by atoms with van der Waals surface area (Å²) in [6.45, 7) is 7.40. The topological polar surface area (TPSA) is 66.4 Å². The summed E-state index contributed by atoms with van der Waals surface area (Å²) in [6, 6.07) is 0. The van der Waals surface area contributed by atoms with Crippen LogP contribution < -0.4 is 0 Å². The predicted molar refractivity (Wildman–Crippen MR) is 66.4 cm³/mol. The van der Waals surface area contributed by atoms with Crippen LogP contribution in [0.3, 0.4) is 0 Å². The highest BCUT2D eigenvalue weighted by Gasteiger charge is 2.57. The summed E-state index contributed by atoms with van der Waals surface area (Å²) in [5.41, 5.74) is 0. The van der Waals surface area contributed by atoms with Crippen LogP contribution in [0.25, 0.3) is 0 Å². The van der Waals surface area contributed by atoms with E-state index in [-0.39, 0.29) is 18.8 Å². The maximum Gasteiger partial charge on any atom is 0.221 e.